The van der Waals surface area contributed by atoms with Gasteiger partial charge >= 0.3 is 0 Å². The Morgan fingerprint density at radius 1 is 1.24 bits per heavy atom. The molecule has 1 aliphatic heterocycles. The summed E-state index contributed by atoms with van der Waals surface area (Å²) in [5.74, 6) is 0.0804. The van der Waals surface area contributed by atoms with Crippen molar-refractivity contribution in [2.45, 2.75) is 39.0 Å². The molecule has 4 rings (SSSR count). The van der Waals surface area contributed by atoms with E-state index in [1.54, 1.807) is 35.0 Å². The molecule has 3 aromatic rings. The topological polar surface area (TPSA) is 98.1 Å². The van der Waals surface area contributed by atoms with E-state index in [4.69, 9.17) is 16.3 Å². The van der Waals surface area contributed by atoms with Gasteiger partial charge in [-0.05, 0) is 32.9 Å². The van der Waals surface area contributed by atoms with Crippen LogP contribution in [0, 0.1) is 12.7 Å². The number of amides is 1. The molecule has 11 heteroatoms. The lowest BCUT2D eigenvalue weighted by atomic mass is 10.0. The van der Waals surface area contributed by atoms with E-state index >= 15 is 0 Å². The van der Waals surface area contributed by atoms with E-state index in [0.717, 1.165) is 12.4 Å². The van der Waals surface area contributed by atoms with Crippen LogP contribution in [0.4, 0.5) is 10.2 Å². The van der Waals surface area contributed by atoms with Gasteiger partial charge in [-0.15, -0.1) is 0 Å². The monoisotopic (exact) mass is 473 g/mol. The third-order valence-electron chi connectivity index (χ3n) is 5.70. The Morgan fingerprint density at radius 2 is 1.97 bits per heavy atom. The molecule has 1 N–H and O–H groups in total. The van der Waals surface area contributed by atoms with Crippen molar-refractivity contribution in [1.29, 1.82) is 0 Å². The van der Waals surface area contributed by atoms with Crippen LogP contribution in [-0.4, -0.2) is 66.9 Å². The number of hydrogen-bond acceptors (Lipinski definition) is 7. The van der Waals surface area contributed by atoms with Crippen LogP contribution in [0.5, 0.6) is 0 Å². The van der Waals surface area contributed by atoms with Crippen molar-refractivity contribution in [3.63, 3.8) is 0 Å². The maximum Gasteiger partial charge on any atom is 0.275 e. The van der Waals surface area contributed by atoms with Crippen LogP contribution in [-0.2, 0) is 11.8 Å². The highest BCUT2D eigenvalue weighted by Gasteiger charge is 2.38. The summed E-state index contributed by atoms with van der Waals surface area (Å²) in [6, 6.07) is 3.24. The molecule has 0 aromatic carbocycles. The summed E-state index contributed by atoms with van der Waals surface area (Å²) in [5, 5.41) is 8.26. The molecular weight excluding hydrogens is 449 g/mol. The van der Waals surface area contributed by atoms with Crippen molar-refractivity contribution in [2.75, 3.05) is 18.4 Å². The van der Waals surface area contributed by atoms with Crippen LogP contribution in [0.3, 0.4) is 0 Å². The van der Waals surface area contributed by atoms with Gasteiger partial charge in [0.1, 0.15) is 5.82 Å². The number of ether oxygens (including phenoxy) is 1. The number of aromatic nitrogens is 5. The number of aryl methyl sites for hydroxylation is 1. The largest absolute Gasteiger partial charge is 0.372 e. The first-order valence-electron chi connectivity index (χ1n) is 10.6. The molecule has 1 aliphatic rings. The highest BCUT2D eigenvalue weighted by molar-refractivity contribution is 6.30. The number of halogens is 2. The fourth-order valence-corrected chi connectivity index (χ4v) is 4.08. The Morgan fingerprint density at radius 3 is 2.64 bits per heavy atom. The summed E-state index contributed by atoms with van der Waals surface area (Å²) in [4.78, 5) is 28.0. The first-order valence-corrected chi connectivity index (χ1v) is 11.0. The van der Waals surface area contributed by atoms with Crippen molar-refractivity contribution in [3.8, 4) is 11.4 Å². The van der Waals surface area contributed by atoms with Crippen LogP contribution in [0.25, 0.3) is 11.4 Å². The second-order valence-electron chi connectivity index (χ2n) is 8.08. The highest BCUT2D eigenvalue weighted by Crippen LogP contribution is 2.28. The van der Waals surface area contributed by atoms with Gasteiger partial charge < -0.3 is 15.0 Å². The lowest BCUT2D eigenvalue weighted by molar-refractivity contribution is -0.0880. The van der Waals surface area contributed by atoms with E-state index < -0.39 is 5.82 Å². The average Bonchev–Trinajstić information content (AvgIpc) is 3.08. The highest BCUT2D eigenvalue weighted by atomic mass is 35.5. The summed E-state index contributed by atoms with van der Waals surface area (Å²) in [7, 11) is 1.74. The van der Waals surface area contributed by atoms with Gasteiger partial charge in [0.2, 0.25) is 0 Å². The molecule has 1 saturated heterocycles. The van der Waals surface area contributed by atoms with Gasteiger partial charge in [0.25, 0.3) is 5.91 Å². The number of rotatable bonds is 5. The zero-order chi connectivity index (χ0) is 23.7. The second-order valence-corrected chi connectivity index (χ2v) is 8.51. The number of pyridine rings is 1. The van der Waals surface area contributed by atoms with E-state index in [9.17, 15) is 9.18 Å². The minimum Gasteiger partial charge on any atom is -0.372 e. The van der Waals surface area contributed by atoms with Gasteiger partial charge in [-0.1, -0.05) is 11.6 Å². The average molecular weight is 474 g/mol. The normalized spacial score (nSPS) is 20.7. The Kier molecular flexibility index (Phi) is 6.57. The Hall–Kier alpha value is -3.11. The lowest BCUT2D eigenvalue weighted by Gasteiger charge is -2.42. The van der Waals surface area contributed by atoms with Gasteiger partial charge in [0.05, 0.1) is 41.2 Å². The fourth-order valence-electron chi connectivity index (χ4n) is 3.97. The van der Waals surface area contributed by atoms with E-state index in [2.05, 4.69) is 25.4 Å². The summed E-state index contributed by atoms with van der Waals surface area (Å²) in [6.45, 7) is 6.49. The van der Waals surface area contributed by atoms with Crippen LogP contribution >= 0.6 is 11.6 Å². The number of hydrogen-bond donors (Lipinski definition) is 1. The fraction of sp³-hybridized carbons (Fsp3) is 0.409. The maximum absolute atomic E-state index is 13.8. The zero-order valence-electron chi connectivity index (χ0n) is 18.8. The first kappa shape index (κ1) is 23.1. The van der Waals surface area contributed by atoms with Crippen LogP contribution < -0.4 is 5.32 Å². The molecule has 0 radical (unpaired) electrons. The van der Waals surface area contributed by atoms with Gasteiger partial charge in [0, 0.05) is 32.0 Å². The number of carbonyl (C=O) groups is 1. The predicted molar refractivity (Wildman–Crippen MR) is 121 cm³/mol. The molecule has 0 aliphatic carbocycles. The molecule has 33 heavy (non-hydrogen) atoms. The van der Waals surface area contributed by atoms with Crippen molar-refractivity contribution in [1.82, 2.24) is 29.6 Å². The van der Waals surface area contributed by atoms with Crippen molar-refractivity contribution >= 4 is 23.3 Å². The second kappa shape index (κ2) is 9.40. The van der Waals surface area contributed by atoms with E-state index in [-0.39, 0.29) is 35.7 Å². The summed E-state index contributed by atoms with van der Waals surface area (Å²) < 4.78 is 21.0. The van der Waals surface area contributed by atoms with Crippen LogP contribution in [0.2, 0.25) is 5.02 Å². The predicted octanol–water partition coefficient (Wildman–Crippen LogP) is 3.10. The maximum atomic E-state index is 13.8. The molecule has 4 heterocycles. The molecule has 9 nitrogen and oxygen atoms in total. The number of nitrogens with one attached hydrogen (secondary N) is 1. The van der Waals surface area contributed by atoms with E-state index in [0.29, 0.717) is 35.2 Å². The molecule has 1 fully saturated rings. The molecule has 0 unspecified atom stereocenters. The molecule has 3 aromatic heterocycles. The van der Waals surface area contributed by atoms with Crippen LogP contribution in [0.15, 0.2) is 30.7 Å². The third-order valence-corrected chi connectivity index (χ3v) is 5.93. The quantitative estimate of drug-likeness (QED) is 0.608. The van der Waals surface area contributed by atoms with E-state index in [1.807, 2.05) is 20.8 Å². The number of morpholine rings is 1. The summed E-state index contributed by atoms with van der Waals surface area (Å²) in [5.41, 5.74) is 1.41. The molecule has 0 spiro atoms. The first-order chi connectivity index (χ1) is 15.7. The van der Waals surface area contributed by atoms with Crippen LogP contribution in [0.1, 0.15) is 30.0 Å². The standard InChI is InChI=1S/C22H25ClFN7O2/c1-12-11-31(17(14(3)33-12)10-26-18-6-5-15(23)7-25-18)22(32)20-19(13(2)30(4)29-20)21-27-8-16(24)9-28-21/h5-9,12,14,17H,10-11H2,1-4H3,(H,25,26)/t12-,14+,17-/m1/s1. The van der Waals surface area contributed by atoms with Gasteiger partial charge in [-0.25, -0.2) is 19.3 Å². The molecular formula is C22H25ClFN7O2. The molecule has 174 valence electrons. The number of anilines is 1. The Bertz CT molecular complexity index is 1140. The molecule has 1 amide bonds. The minimum atomic E-state index is -0.550. The van der Waals surface area contributed by atoms with Gasteiger partial charge in [-0.2, -0.15) is 5.10 Å². The number of carbonyl (C=O) groups excluding carboxylic acids is 1. The van der Waals surface area contributed by atoms with E-state index in [1.165, 1.54) is 0 Å². The minimum absolute atomic E-state index is 0.149. The third kappa shape index (κ3) is 4.81. The van der Waals surface area contributed by atoms with Crippen molar-refractivity contribution in [2.24, 2.45) is 7.05 Å². The van der Waals surface area contributed by atoms with Crippen molar-refractivity contribution < 1.29 is 13.9 Å². The lowest BCUT2D eigenvalue weighted by Crippen LogP contribution is -2.58. The molecule has 3 atom stereocenters. The molecule has 0 saturated carbocycles. The zero-order valence-corrected chi connectivity index (χ0v) is 19.5. The molecule has 0 bridgehead atoms. The smallest absolute Gasteiger partial charge is 0.275 e. The SMILES string of the molecule is Cc1c(-c2ncc(F)cn2)c(C(=O)N2C[C@@H](C)O[C@@H](C)[C@H]2CNc2ccc(Cl)cn2)nn1C. The Balaban J connectivity index is 1.65. The number of nitrogens with zero attached hydrogens (tertiary/aromatic N) is 6. The summed E-state index contributed by atoms with van der Waals surface area (Å²) in [6.07, 6.45) is 3.33. The van der Waals surface area contributed by atoms with Gasteiger partial charge in [0.15, 0.2) is 17.3 Å². The van der Waals surface area contributed by atoms with Gasteiger partial charge in [-0.3, -0.25) is 9.48 Å². The summed E-state index contributed by atoms with van der Waals surface area (Å²) >= 11 is 5.92. The van der Waals surface area contributed by atoms with Crippen molar-refractivity contribution in [3.05, 3.63) is 53.0 Å². The Labute approximate surface area is 196 Å².